The SMILES string of the molecule is Nc1ccccc1NC(=O)c1ccc(N2CCC(NC(=O)NCc3cccnc3)C2)cc1. The van der Waals surface area contributed by atoms with Gasteiger partial charge in [-0.25, -0.2) is 4.79 Å². The predicted octanol–water partition coefficient (Wildman–Crippen LogP) is 2.99. The Morgan fingerprint density at radius 1 is 1.06 bits per heavy atom. The number of nitrogens with two attached hydrogens (primary N) is 1. The van der Waals surface area contributed by atoms with Gasteiger partial charge in [-0.15, -0.1) is 0 Å². The summed E-state index contributed by atoms with van der Waals surface area (Å²) in [4.78, 5) is 30.9. The number of para-hydroxylation sites is 2. The topological polar surface area (TPSA) is 112 Å². The molecule has 1 aliphatic heterocycles. The number of carbonyl (C=O) groups excluding carboxylic acids is 2. The Morgan fingerprint density at radius 3 is 2.62 bits per heavy atom. The van der Waals surface area contributed by atoms with Gasteiger partial charge >= 0.3 is 6.03 Å². The minimum Gasteiger partial charge on any atom is -0.397 e. The van der Waals surface area contributed by atoms with Crippen LogP contribution < -0.4 is 26.6 Å². The second-order valence-corrected chi connectivity index (χ2v) is 7.71. The summed E-state index contributed by atoms with van der Waals surface area (Å²) >= 11 is 0. The van der Waals surface area contributed by atoms with Crippen molar-refractivity contribution < 1.29 is 9.59 Å². The van der Waals surface area contributed by atoms with Crippen LogP contribution in [0.25, 0.3) is 0 Å². The van der Waals surface area contributed by atoms with Gasteiger partial charge in [-0.2, -0.15) is 0 Å². The van der Waals surface area contributed by atoms with Crippen molar-refractivity contribution in [3.8, 4) is 0 Å². The lowest BCUT2D eigenvalue weighted by Gasteiger charge is -2.19. The van der Waals surface area contributed by atoms with Crippen molar-refractivity contribution in [2.24, 2.45) is 0 Å². The number of benzene rings is 2. The number of hydrogen-bond acceptors (Lipinski definition) is 5. The monoisotopic (exact) mass is 430 g/mol. The second kappa shape index (κ2) is 9.82. The van der Waals surface area contributed by atoms with Crippen molar-refractivity contribution in [2.75, 3.05) is 29.0 Å². The molecule has 1 fully saturated rings. The molecule has 4 rings (SSSR count). The summed E-state index contributed by atoms with van der Waals surface area (Å²) in [5, 5.41) is 8.72. The largest absolute Gasteiger partial charge is 0.397 e. The van der Waals surface area contributed by atoms with Gasteiger partial charge in [0.15, 0.2) is 0 Å². The summed E-state index contributed by atoms with van der Waals surface area (Å²) in [5.41, 5.74) is 9.54. The maximum absolute atomic E-state index is 12.5. The lowest BCUT2D eigenvalue weighted by molar-refractivity contribution is 0.102. The number of carbonyl (C=O) groups is 2. The zero-order valence-corrected chi connectivity index (χ0v) is 17.6. The van der Waals surface area contributed by atoms with Crippen LogP contribution >= 0.6 is 0 Å². The summed E-state index contributed by atoms with van der Waals surface area (Å²) in [6.07, 6.45) is 4.29. The van der Waals surface area contributed by atoms with E-state index < -0.39 is 0 Å². The van der Waals surface area contributed by atoms with Crippen LogP contribution in [0, 0.1) is 0 Å². The third kappa shape index (κ3) is 5.34. The first-order chi connectivity index (χ1) is 15.6. The quantitative estimate of drug-likeness (QED) is 0.449. The van der Waals surface area contributed by atoms with Crippen LogP contribution in [0.2, 0.25) is 0 Å². The fourth-order valence-electron chi connectivity index (χ4n) is 3.66. The molecule has 8 nitrogen and oxygen atoms in total. The van der Waals surface area contributed by atoms with Gasteiger partial charge in [0.05, 0.1) is 11.4 Å². The summed E-state index contributed by atoms with van der Waals surface area (Å²) in [6, 6.07) is 18.2. The van der Waals surface area contributed by atoms with E-state index in [-0.39, 0.29) is 18.0 Å². The fraction of sp³-hybridized carbons (Fsp3) is 0.208. The Bertz CT molecular complexity index is 1070. The Balaban J connectivity index is 1.27. The van der Waals surface area contributed by atoms with E-state index in [4.69, 9.17) is 5.73 Å². The third-order valence-electron chi connectivity index (χ3n) is 5.40. The average Bonchev–Trinajstić information content (AvgIpc) is 3.28. The van der Waals surface area contributed by atoms with Crippen molar-refractivity contribution in [2.45, 2.75) is 19.0 Å². The van der Waals surface area contributed by atoms with Crippen LogP contribution in [0.15, 0.2) is 73.1 Å². The molecule has 164 valence electrons. The van der Waals surface area contributed by atoms with Crippen LogP contribution in [0.1, 0.15) is 22.3 Å². The van der Waals surface area contributed by atoms with Gasteiger partial charge < -0.3 is 26.6 Å². The number of rotatable bonds is 6. The van der Waals surface area contributed by atoms with E-state index in [0.29, 0.717) is 30.0 Å². The molecule has 3 aromatic rings. The minimum absolute atomic E-state index is 0.0629. The maximum atomic E-state index is 12.5. The smallest absolute Gasteiger partial charge is 0.315 e. The fourth-order valence-corrected chi connectivity index (χ4v) is 3.66. The molecule has 1 aliphatic rings. The van der Waals surface area contributed by atoms with Crippen molar-refractivity contribution in [1.82, 2.24) is 15.6 Å². The molecule has 0 aliphatic carbocycles. The molecule has 1 atom stereocenters. The Kier molecular flexibility index (Phi) is 6.50. The number of aromatic nitrogens is 1. The van der Waals surface area contributed by atoms with Gasteiger partial charge in [0.25, 0.3) is 5.91 Å². The Hall–Kier alpha value is -4.07. The van der Waals surface area contributed by atoms with Gasteiger partial charge in [0, 0.05) is 49.3 Å². The molecule has 2 aromatic carbocycles. The molecule has 1 saturated heterocycles. The predicted molar refractivity (Wildman–Crippen MR) is 125 cm³/mol. The van der Waals surface area contributed by atoms with E-state index in [1.54, 1.807) is 36.7 Å². The zero-order chi connectivity index (χ0) is 22.3. The standard InChI is InChI=1S/C24H26N6O2/c25-21-5-1-2-6-22(21)29-23(31)18-7-9-20(10-8-18)30-13-11-19(16-30)28-24(32)27-15-17-4-3-12-26-14-17/h1-10,12,14,19H,11,13,15-16,25H2,(H,29,31)(H2,27,28,32). The molecule has 32 heavy (non-hydrogen) atoms. The third-order valence-corrected chi connectivity index (χ3v) is 5.40. The van der Waals surface area contributed by atoms with Gasteiger partial charge in [0.2, 0.25) is 0 Å². The maximum Gasteiger partial charge on any atom is 0.315 e. The number of nitrogen functional groups attached to an aromatic ring is 1. The minimum atomic E-state index is -0.208. The van der Waals surface area contributed by atoms with Gasteiger partial charge in [0.1, 0.15) is 0 Å². The number of pyridine rings is 1. The van der Waals surface area contributed by atoms with E-state index in [9.17, 15) is 9.59 Å². The van der Waals surface area contributed by atoms with Crippen LogP contribution in [0.3, 0.4) is 0 Å². The number of nitrogens with one attached hydrogen (secondary N) is 3. The number of urea groups is 1. The highest BCUT2D eigenvalue weighted by atomic mass is 16.2. The highest BCUT2D eigenvalue weighted by Crippen LogP contribution is 2.22. The zero-order valence-electron chi connectivity index (χ0n) is 17.6. The summed E-state index contributed by atoms with van der Waals surface area (Å²) in [7, 11) is 0. The lowest BCUT2D eigenvalue weighted by Crippen LogP contribution is -2.43. The van der Waals surface area contributed by atoms with Crippen LogP contribution in [0.5, 0.6) is 0 Å². The number of nitrogens with zero attached hydrogens (tertiary/aromatic N) is 2. The van der Waals surface area contributed by atoms with Crippen molar-refractivity contribution in [3.63, 3.8) is 0 Å². The first-order valence-electron chi connectivity index (χ1n) is 10.5. The molecule has 5 N–H and O–H groups in total. The summed E-state index contributed by atoms with van der Waals surface area (Å²) < 4.78 is 0. The number of hydrogen-bond donors (Lipinski definition) is 4. The van der Waals surface area contributed by atoms with Gasteiger partial charge in [-0.05, 0) is 54.4 Å². The lowest BCUT2D eigenvalue weighted by atomic mass is 10.1. The highest BCUT2D eigenvalue weighted by Gasteiger charge is 2.24. The van der Waals surface area contributed by atoms with E-state index >= 15 is 0 Å². The normalized spacial score (nSPS) is 15.2. The average molecular weight is 431 g/mol. The van der Waals surface area contributed by atoms with E-state index in [1.807, 2.05) is 36.4 Å². The first-order valence-corrected chi connectivity index (χ1v) is 10.5. The molecule has 1 unspecified atom stereocenters. The van der Waals surface area contributed by atoms with E-state index in [0.717, 1.165) is 24.2 Å². The summed E-state index contributed by atoms with van der Waals surface area (Å²) in [6.45, 7) is 1.99. The van der Waals surface area contributed by atoms with Crippen molar-refractivity contribution in [1.29, 1.82) is 0 Å². The first kappa shape index (κ1) is 21.2. The van der Waals surface area contributed by atoms with Crippen molar-refractivity contribution in [3.05, 3.63) is 84.2 Å². The molecule has 0 spiro atoms. The van der Waals surface area contributed by atoms with Crippen LogP contribution in [-0.4, -0.2) is 36.1 Å². The molecule has 0 bridgehead atoms. The molecule has 3 amide bonds. The Morgan fingerprint density at radius 2 is 1.88 bits per heavy atom. The molecular formula is C24H26N6O2. The van der Waals surface area contributed by atoms with E-state index in [1.165, 1.54) is 0 Å². The van der Waals surface area contributed by atoms with Gasteiger partial charge in [-0.1, -0.05) is 18.2 Å². The molecular weight excluding hydrogens is 404 g/mol. The second-order valence-electron chi connectivity index (χ2n) is 7.71. The van der Waals surface area contributed by atoms with E-state index in [2.05, 4.69) is 25.8 Å². The Labute approximate surface area is 186 Å². The molecule has 0 saturated carbocycles. The molecule has 8 heteroatoms. The van der Waals surface area contributed by atoms with Crippen LogP contribution in [0.4, 0.5) is 21.9 Å². The summed E-state index contributed by atoms with van der Waals surface area (Å²) in [5.74, 6) is -0.208. The number of amides is 3. The van der Waals surface area contributed by atoms with Gasteiger partial charge in [-0.3, -0.25) is 9.78 Å². The number of anilines is 3. The molecule has 2 heterocycles. The molecule has 0 radical (unpaired) electrons. The molecule has 1 aromatic heterocycles. The highest BCUT2D eigenvalue weighted by molar-refractivity contribution is 6.05. The van der Waals surface area contributed by atoms with Crippen molar-refractivity contribution >= 4 is 29.0 Å². The van der Waals surface area contributed by atoms with Crippen LogP contribution in [-0.2, 0) is 6.54 Å².